The molecule has 1 amide bonds. The molecular weight excluding hydrogens is 278 g/mol. The molecule has 2 fully saturated rings. The molecule has 1 N–H and O–H groups in total. The number of carbonyl (C=O) groups is 2. The van der Waals surface area contributed by atoms with E-state index in [-0.39, 0.29) is 11.9 Å². The van der Waals surface area contributed by atoms with Crippen LogP contribution in [0.5, 0.6) is 0 Å². The van der Waals surface area contributed by atoms with E-state index in [4.69, 9.17) is 4.74 Å². The third-order valence-corrected chi connectivity index (χ3v) is 5.25. The van der Waals surface area contributed by atoms with Gasteiger partial charge in [0.2, 0.25) is 5.91 Å². The van der Waals surface area contributed by atoms with Crippen LogP contribution in [0.2, 0.25) is 0 Å². The zero-order valence-electron chi connectivity index (χ0n) is 13.2. The first-order chi connectivity index (χ1) is 10.6. The van der Waals surface area contributed by atoms with Gasteiger partial charge in [0.05, 0.1) is 12.7 Å². The molecule has 3 atom stereocenters. The fourth-order valence-corrected chi connectivity index (χ4v) is 4.11. The Bertz CT molecular complexity index is 596. The van der Waals surface area contributed by atoms with Crippen LogP contribution in [0, 0.1) is 24.7 Å². The Morgan fingerprint density at radius 3 is 2.68 bits per heavy atom. The molecule has 0 spiro atoms. The molecule has 3 unspecified atom stereocenters. The Morgan fingerprint density at radius 1 is 1.27 bits per heavy atom. The highest BCUT2D eigenvalue weighted by atomic mass is 16.5. The van der Waals surface area contributed by atoms with Crippen LogP contribution in [0.3, 0.4) is 0 Å². The quantitative estimate of drug-likeness (QED) is 0.865. The van der Waals surface area contributed by atoms with Crippen LogP contribution in [0.25, 0.3) is 0 Å². The predicted molar refractivity (Wildman–Crippen MR) is 84.7 cm³/mol. The number of rotatable bonds is 4. The lowest BCUT2D eigenvalue weighted by atomic mass is 9.86. The smallest absolute Gasteiger partial charge is 0.337 e. The molecule has 0 aromatic heterocycles. The fraction of sp³-hybridized carbons (Fsp3) is 0.556. The van der Waals surface area contributed by atoms with Crippen LogP contribution in [0.4, 0.5) is 5.69 Å². The van der Waals surface area contributed by atoms with Crippen molar-refractivity contribution < 1.29 is 14.3 Å². The summed E-state index contributed by atoms with van der Waals surface area (Å²) in [6.07, 6.45) is 5.83. The summed E-state index contributed by atoms with van der Waals surface area (Å²) < 4.78 is 4.70. The second-order valence-electron chi connectivity index (χ2n) is 6.71. The van der Waals surface area contributed by atoms with Crippen molar-refractivity contribution in [1.82, 2.24) is 0 Å². The van der Waals surface area contributed by atoms with Crippen molar-refractivity contribution in [3.05, 3.63) is 29.3 Å². The first-order valence-electron chi connectivity index (χ1n) is 8.05. The van der Waals surface area contributed by atoms with E-state index in [1.807, 2.05) is 6.92 Å². The van der Waals surface area contributed by atoms with Crippen LogP contribution in [-0.2, 0) is 9.53 Å². The molecule has 2 saturated carbocycles. The molecule has 0 aliphatic heterocycles. The second kappa shape index (κ2) is 6.11. The van der Waals surface area contributed by atoms with Gasteiger partial charge < -0.3 is 10.1 Å². The third-order valence-electron chi connectivity index (χ3n) is 5.25. The van der Waals surface area contributed by atoms with Crippen molar-refractivity contribution in [2.75, 3.05) is 12.4 Å². The molecule has 4 heteroatoms. The summed E-state index contributed by atoms with van der Waals surface area (Å²) in [6, 6.07) is 5.21. The standard InChI is InChI=1S/C18H23NO3/c1-11-7-14(18(21)22-2)5-6-16(11)19-17(20)10-15-9-12-3-4-13(15)8-12/h5-7,12-13,15H,3-4,8-10H2,1-2H3,(H,19,20). The summed E-state index contributed by atoms with van der Waals surface area (Å²) in [5.74, 6) is 1.92. The zero-order valence-corrected chi connectivity index (χ0v) is 13.2. The van der Waals surface area contributed by atoms with E-state index in [1.165, 1.54) is 32.8 Å². The lowest BCUT2D eigenvalue weighted by Crippen LogP contribution is -2.20. The van der Waals surface area contributed by atoms with Gasteiger partial charge in [0.15, 0.2) is 0 Å². The van der Waals surface area contributed by atoms with Crippen molar-refractivity contribution in [1.29, 1.82) is 0 Å². The summed E-state index contributed by atoms with van der Waals surface area (Å²) in [7, 11) is 1.36. The highest BCUT2D eigenvalue weighted by Crippen LogP contribution is 2.49. The first kappa shape index (κ1) is 15.1. The van der Waals surface area contributed by atoms with Crippen molar-refractivity contribution in [3.8, 4) is 0 Å². The van der Waals surface area contributed by atoms with Crippen molar-refractivity contribution in [3.63, 3.8) is 0 Å². The van der Waals surface area contributed by atoms with Crippen LogP contribution in [0.1, 0.15) is 48.0 Å². The Balaban J connectivity index is 1.60. The van der Waals surface area contributed by atoms with Gasteiger partial charge in [0.25, 0.3) is 0 Å². The average molecular weight is 301 g/mol. The number of nitrogens with one attached hydrogen (secondary N) is 1. The maximum absolute atomic E-state index is 12.3. The molecule has 1 aromatic rings. The minimum absolute atomic E-state index is 0.0893. The second-order valence-corrected chi connectivity index (χ2v) is 6.71. The van der Waals surface area contributed by atoms with Gasteiger partial charge in [-0.05, 0) is 67.7 Å². The summed E-state index contributed by atoms with van der Waals surface area (Å²) >= 11 is 0. The Morgan fingerprint density at radius 2 is 2.09 bits per heavy atom. The summed E-state index contributed by atoms with van der Waals surface area (Å²) in [5, 5.41) is 2.99. The number of anilines is 1. The van der Waals surface area contributed by atoms with E-state index in [0.29, 0.717) is 17.9 Å². The minimum atomic E-state index is -0.358. The predicted octanol–water partition coefficient (Wildman–Crippen LogP) is 3.55. The number of carbonyl (C=O) groups excluding carboxylic acids is 2. The highest BCUT2D eigenvalue weighted by molar-refractivity contribution is 5.94. The molecule has 4 nitrogen and oxygen atoms in total. The topological polar surface area (TPSA) is 55.4 Å². The lowest BCUT2D eigenvalue weighted by molar-refractivity contribution is -0.117. The van der Waals surface area contributed by atoms with Gasteiger partial charge in [-0.25, -0.2) is 4.79 Å². The van der Waals surface area contributed by atoms with Crippen LogP contribution < -0.4 is 5.32 Å². The summed E-state index contributed by atoms with van der Waals surface area (Å²) in [5.41, 5.74) is 2.16. The van der Waals surface area contributed by atoms with Gasteiger partial charge in [-0.15, -0.1) is 0 Å². The number of ether oxygens (including phenoxy) is 1. The van der Waals surface area contributed by atoms with E-state index in [0.717, 1.165) is 23.1 Å². The highest BCUT2D eigenvalue weighted by Gasteiger charge is 2.40. The van der Waals surface area contributed by atoms with Crippen LogP contribution in [0.15, 0.2) is 18.2 Å². The summed E-state index contributed by atoms with van der Waals surface area (Å²) in [6.45, 7) is 1.89. The molecular formula is C18H23NO3. The van der Waals surface area contributed by atoms with E-state index in [1.54, 1.807) is 18.2 Å². The molecule has 2 bridgehead atoms. The van der Waals surface area contributed by atoms with Crippen molar-refractivity contribution in [2.45, 2.75) is 39.0 Å². The van der Waals surface area contributed by atoms with E-state index >= 15 is 0 Å². The number of amides is 1. The van der Waals surface area contributed by atoms with Gasteiger partial charge >= 0.3 is 5.97 Å². The molecule has 2 aliphatic rings. The van der Waals surface area contributed by atoms with Crippen molar-refractivity contribution in [2.24, 2.45) is 17.8 Å². The molecule has 0 heterocycles. The average Bonchev–Trinajstić information content (AvgIpc) is 3.11. The number of methoxy groups -OCH3 is 1. The maximum Gasteiger partial charge on any atom is 0.337 e. The number of hydrogen-bond acceptors (Lipinski definition) is 3. The minimum Gasteiger partial charge on any atom is -0.465 e. The van der Waals surface area contributed by atoms with E-state index in [2.05, 4.69) is 5.32 Å². The maximum atomic E-state index is 12.3. The lowest BCUT2D eigenvalue weighted by Gasteiger charge is -2.21. The number of benzene rings is 1. The fourth-order valence-electron chi connectivity index (χ4n) is 4.11. The van der Waals surface area contributed by atoms with Crippen LogP contribution in [-0.4, -0.2) is 19.0 Å². The van der Waals surface area contributed by atoms with E-state index in [9.17, 15) is 9.59 Å². The Kier molecular flexibility index (Phi) is 4.19. The Hall–Kier alpha value is -1.84. The monoisotopic (exact) mass is 301 g/mol. The van der Waals surface area contributed by atoms with Crippen LogP contribution >= 0.6 is 0 Å². The Labute approximate surface area is 131 Å². The molecule has 3 rings (SSSR count). The summed E-state index contributed by atoms with van der Waals surface area (Å²) in [4.78, 5) is 23.8. The van der Waals surface area contributed by atoms with Gasteiger partial charge in [-0.3, -0.25) is 4.79 Å². The third kappa shape index (κ3) is 3.01. The first-order valence-corrected chi connectivity index (χ1v) is 8.05. The number of aryl methyl sites for hydroxylation is 1. The van der Waals surface area contributed by atoms with Gasteiger partial charge in [0, 0.05) is 12.1 Å². The van der Waals surface area contributed by atoms with Gasteiger partial charge in [-0.2, -0.15) is 0 Å². The molecule has 0 radical (unpaired) electrons. The molecule has 1 aromatic carbocycles. The SMILES string of the molecule is COC(=O)c1ccc(NC(=O)CC2CC3CCC2C3)c(C)c1. The van der Waals surface area contributed by atoms with E-state index < -0.39 is 0 Å². The molecule has 118 valence electrons. The van der Waals surface area contributed by atoms with Gasteiger partial charge in [0.1, 0.15) is 0 Å². The van der Waals surface area contributed by atoms with Gasteiger partial charge in [-0.1, -0.05) is 6.42 Å². The number of hydrogen-bond donors (Lipinski definition) is 1. The molecule has 22 heavy (non-hydrogen) atoms. The number of esters is 1. The molecule has 0 saturated heterocycles. The number of fused-ring (bicyclic) bond motifs is 2. The largest absolute Gasteiger partial charge is 0.465 e. The zero-order chi connectivity index (χ0) is 15.7. The van der Waals surface area contributed by atoms with Crippen molar-refractivity contribution >= 4 is 17.6 Å². The normalized spacial score (nSPS) is 26.0. The molecule has 2 aliphatic carbocycles.